The van der Waals surface area contributed by atoms with E-state index < -0.39 is 24.6 Å². The lowest BCUT2D eigenvalue weighted by atomic mass is 10.3. The normalized spacial score (nSPS) is 14.2. The lowest BCUT2D eigenvalue weighted by Crippen LogP contribution is -2.41. The fraction of sp³-hybridized carbons (Fsp3) is 0.833. The average Bonchev–Trinajstić information content (AvgIpc) is 1.95. The van der Waals surface area contributed by atoms with Gasteiger partial charge in [-0.1, -0.05) is 0 Å². The van der Waals surface area contributed by atoms with Gasteiger partial charge in [0, 0.05) is 13.1 Å². The fourth-order valence-electron chi connectivity index (χ4n) is 0.575. The number of halogens is 3. The number of nitrogens with one attached hydrogen (secondary N) is 1. The van der Waals surface area contributed by atoms with Crippen molar-refractivity contribution in [1.29, 1.82) is 0 Å². The maximum Gasteiger partial charge on any atom is 0.390 e. The van der Waals surface area contributed by atoms with Crippen LogP contribution < -0.4 is 11.1 Å². The van der Waals surface area contributed by atoms with Gasteiger partial charge in [0.15, 0.2) is 0 Å². The molecule has 1 atom stereocenters. The molecule has 13 heavy (non-hydrogen) atoms. The zero-order valence-electron chi connectivity index (χ0n) is 6.77. The van der Waals surface area contributed by atoms with Gasteiger partial charge < -0.3 is 16.2 Å². The molecule has 0 aromatic heterocycles. The summed E-state index contributed by atoms with van der Waals surface area (Å²) in [6, 6.07) is -1.16. The van der Waals surface area contributed by atoms with E-state index in [9.17, 15) is 18.0 Å². The fourth-order valence-corrected chi connectivity index (χ4v) is 0.575. The van der Waals surface area contributed by atoms with Crippen LogP contribution in [-0.4, -0.2) is 36.4 Å². The highest BCUT2D eigenvalue weighted by atomic mass is 19.4. The Morgan fingerprint density at radius 3 is 2.46 bits per heavy atom. The third-order valence-electron chi connectivity index (χ3n) is 1.27. The second kappa shape index (κ2) is 5.03. The number of carbonyl (C=O) groups is 1. The summed E-state index contributed by atoms with van der Waals surface area (Å²) >= 11 is 0. The third-order valence-corrected chi connectivity index (χ3v) is 1.27. The number of hydrogen-bond donors (Lipinski definition) is 3. The highest BCUT2D eigenvalue weighted by molar-refractivity contribution is 5.73. The number of carboxylic acid groups (broad SMARTS) is 1. The molecule has 0 amide bonds. The first kappa shape index (κ1) is 12.2. The molecule has 0 saturated heterocycles. The van der Waals surface area contributed by atoms with E-state index in [1.165, 1.54) is 0 Å². The van der Waals surface area contributed by atoms with Crippen LogP contribution in [0.15, 0.2) is 0 Å². The first-order valence-corrected chi connectivity index (χ1v) is 3.59. The summed E-state index contributed by atoms with van der Waals surface area (Å²) in [6.07, 6.45) is -5.21. The summed E-state index contributed by atoms with van der Waals surface area (Å²) in [5.41, 5.74) is 5.02. The van der Waals surface area contributed by atoms with Crippen molar-refractivity contribution in [3.05, 3.63) is 0 Å². The minimum absolute atomic E-state index is 0.161. The lowest BCUT2D eigenvalue weighted by molar-refractivity contribution is -0.138. The molecule has 7 heteroatoms. The molecule has 0 heterocycles. The van der Waals surface area contributed by atoms with Gasteiger partial charge in [-0.2, -0.15) is 13.2 Å². The second-order valence-corrected chi connectivity index (χ2v) is 2.51. The summed E-state index contributed by atoms with van der Waals surface area (Å²) in [7, 11) is 0. The van der Waals surface area contributed by atoms with E-state index >= 15 is 0 Å². The molecule has 4 nitrogen and oxygen atoms in total. The standard InChI is InChI=1S/C6H11F3N2O2/c7-6(8,9)1-2-11-3-4(10)5(12)13/h4,11H,1-3,10H2,(H,12,13). The number of hydrogen-bond acceptors (Lipinski definition) is 3. The monoisotopic (exact) mass is 200 g/mol. The summed E-state index contributed by atoms with van der Waals surface area (Å²) in [6.45, 7) is -0.476. The topological polar surface area (TPSA) is 75.3 Å². The van der Waals surface area contributed by atoms with Crippen LogP contribution in [0.4, 0.5) is 13.2 Å². The van der Waals surface area contributed by atoms with E-state index in [1.54, 1.807) is 0 Å². The molecule has 0 rings (SSSR count). The Balaban J connectivity index is 3.41. The SMILES string of the molecule is NC(CNCCC(F)(F)F)C(=O)O. The summed E-state index contributed by atoms with van der Waals surface area (Å²) in [4.78, 5) is 10.1. The molecule has 0 aliphatic carbocycles. The van der Waals surface area contributed by atoms with Gasteiger partial charge in [0.25, 0.3) is 0 Å². The van der Waals surface area contributed by atoms with Gasteiger partial charge in [-0.3, -0.25) is 4.79 Å². The number of carboxylic acids is 1. The Hall–Kier alpha value is -0.820. The molecule has 0 aromatic rings. The van der Waals surface area contributed by atoms with Gasteiger partial charge >= 0.3 is 12.1 Å². The molecule has 0 saturated carbocycles. The van der Waals surface area contributed by atoms with Crippen LogP contribution >= 0.6 is 0 Å². The molecule has 1 unspecified atom stereocenters. The highest BCUT2D eigenvalue weighted by Gasteiger charge is 2.26. The molecular weight excluding hydrogens is 189 g/mol. The van der Waals surface area contributed by atoms with Crippen LogP contribution in [0.1, 0.15) is 6.42 Å². The Kier molecular flexibility index (Phi) is 4.71. The Morgan fingerprint density at radius 1 is 1.54 bits per heavy atom. The Labute approximate surface area is 72.9 Å². The van der Waals surface area contributed by atoms with Crippen molar-refractivity contribution in [3.8, 4) is 0 Å². The lowest BCUT2D eigenvalue weighted by Gasteiger charge is -2.09. The quantitative estimate of drug-likeness (QED) is 0.543. The molecule has 0 aliphatic heterocycles. The molecule has 78 valence electrons. The van der Waals surface area contributed by atoms with Gasteiger partial charge in [-0.15, -0.1) is 0 Å². The van der Waals surface area contributed by atoms with Gasteiger partial charge in [-0.25, -0.2) is 0 Å². The molecule has 0 spiro atoms. The molecule has 0 aliphatic rings. The maximum atomic E-state index is 11.6. The highest BCUT2D eigenvalue weighted by Crippen LogP contribution is 2.17. The molecular formula is C6H11F3N2O2. The van der Waals surface area contributed by atoms with Gasteiger partial charge in [0.1, 0.15) is 6.04 Å². The Bertz CT molecular complexity index is 172. The summed E-state index contributed by atoms with van der Waals surface area (Å²) in [5, 5.41) is 10.6. The first-order valence-electron chi connectivity index (χ1n) is 3.59. The van der Waals surface area contributed by atoms with Crippen LogP contribution in [0.5, 0.6) is 0 Å². The van der Waals surface area contributed by atoms with Crippen molar-refractivity contribution in [2.75, 3.05) is 13.1 Å². The molecule has 0 aromatic carbocycles. The predicted molar refractivity (Wildman–Crippen MR) is 39.2 cm³/mol. The van der Waals surface area contributed by atoms with Crippen molar-refractivity contribution in [2.24, 2.45) is 5.73 Å². The van der Waals surface area contributed by atoms with Crippen molar-refractivity contribution < 1.29 is 23.1 Å². The van der Waals surface area contributed by atoms with E-state index in [0.717, 1.165) is 0 Å². The second-order valence-electron chi connectivity index (χ2n) is 2.51. The van der Waals surface area contributed by atoms with E-state index in [4.69, 9.17) is 10.8 Å². The zero-order chi connectivity index (χ0) is 10.5. The van der Waals surface area contributed by atoms with Crippen LogP contribution in [0, 0.1) is 0 Å². The van der Waals surface area contributed by atoms with E-state index in [-0.39, 0.29) is 13.1 Å². The van der Waals surface area contributed by atoms with Gasteiger partial charge in [-0.05, 0) is 0 Å². The van der Waals surface area contributed by atoms with Crippen LogP contribution in [0.3, 0.4) is 0 Å². The van der Waals surface area contributed by atoms with E-state index in [0.29, 0.717) is 0 Å². The van der Waals surface area contributed by atoms with Crippen molar-refractivity contribution in [2.45, 2.75) is 18.6 Å². The Morgan fingerprint density at radius 2 is 2.08 bits per heavy atom. The number of nitrogens with two attached hydrogens (primary N) is 1. The molecule has 0 radical (unpaired) electrons. The van der Waals surface area contributed by atoms with Crippen molar-refractivity contribution in [3.63, 3.8) is 0 Å². The average molecular weight is 200 g/mol. The van der Waals surface area contributed by atoms with E-state index in [2.05, 4.69) is 5.32 Å². The smallest absolute Gasteiger partial charge is 0.390 e. The summed E-state index contributed by atoms with van der Waals surface area (Å²) in [5.74, 6) is -1.24. The van der Waals surface area contributed by atoms with Crippen LogP contribution in [-0.2, 0) is 4.79 Å². The van der Waals surface area contributed by atoms with Crippen LogP contribution in [0.2, 0.25) is 0 Å². The minimum atomic E-state index is -4.22. The number of alkyl halides is 3. The van der Waals surface area contributed by atoms with Crippen molar-refractivity contribution in [1.82, 2.24) is 5.32 Å². The first-order chi connectivity index (χ1) is 5.83. The third kappa shape index (κ3) is 7.54. The zero-order valence-corrected chi connectivity index (χ0v) is 6.77. The predicted octanol–water partition coefficient (Wildman–Crippen LogP) is -0.0597. The summed E-state index contributed by atoms with van der Waals surface area (Å²) < 4.78 is 34.7. The molecule has 0 fully saturated rings. The van der Waals surface area contributed by atoms with E-state index in [1.807, 2.05) is 0 Å². The number of aliphatic carboxylic acids is 1. The minimum Gasteiger partial charge on any atom is -0.480 e. The number of rotatable bonds is 5. The van der Waals surface area contributed by atoms with Crippen molar-refractivity contribution >= 4 is 5.97 Å². The van der Waals surface area contributed by atoms with Gasteiger partial charge in [0.2, 0.25) is 0 Å². The molecule has 4 N–H and O–H groups in total. The molecule has 0 bridgehead atoms. The maximum absolute atomic E-state index is 11.6. The largest absolute Gasteiger partial charge is 0.480 e. The van der Waals surface area contributed by atoms with Crippen LogP contribution in [0.25, 0.3) is 0 Å². The van der Waals surface area contributed by atoms with Gasteiger partial charge in [0.05, 0.1) is 6.42 Å².